The maximum atomic E-state index is 13.7. The van der Waals surface area contributed by atoms with Crippen molar-refractivity contribution in [1.29, 1.82) is 0 Å². The van der Waals surface area contributed by atoms with Gasteiger partial charge in [0.25, 0.3) is 5.56 Å². The molecular weight excluding hydrogens is 492 g/mol. The number of rotatable bonds is 5. The molecule has 1 aliphatic carbocycles. The highest BCUT2D eigenvalue weighted by Crippen LogP contribution is 2.35. The molecule has 0 saturated carbocycles. The number of carbonyl (C=O) groups is 1. The zero-order valence-corrected chi connectivity index (χ0v) is 19.9. The number of nitrogens with zero attached hydrogens (tertiary/aromatic N) is 2. The van der Waals surface area contributed by atoms with Crippen LogP contribution >= 0.6 is 39.0 Å². The lowest BCUT2D eigenvalue weighted by Gasteiger charge is -2.13. The number of thioether (sulfide) groups is 1. The predicted octanol–water partition coefficient (Wildman–Crippen LogP) is 6.06. The number of hydrogen-bond acceptors (Lipinski definition) is 5. The van der Waals surface area contributed by atoms with Crippen LogP contribution in [0.4, 0.5) is 0 Å². The van der Waals surface area contributed by atoms with Crippen LogP contribution in [0.15, 0.2) is 69.0 Å². The maximum absolute atomic E-state index is 13.7. The van der Waals surface area contributed by atoms with E-state index in [1.165, 1.54) is 22.2 Å². The number of aromatic nitrogens is 2. The molecule has 0 fully saturated rings. The first-order valence-electron chi connectivity index (χ1n) is 10.2. The number of aryl methyl sites for hydroxylation is 2. The van der Waals surface area contributed by atoms with Crippen LogP contribution in [0.1, 0.15) is 33.6 Å². The fourth-order valence-electron chi connectivity index (χ4n) is 3.94. The third-order valence-corrected chi connectivity index (χ3v) is 8.12. The first kappa shape index (κ1) is 20.7. The number of fused-ring (bicyclic) bond motifs is 3. The highest BCUT2D eigenvalue weighted by Gasteiger charge is 2.23. The van der Waals surface area contributed by atoms with Gasteiger partial charge in [-0.15, -0.1) is 11.3 Å². The van der Waals surface area contributed by atoms with Gasteiger partial charge in [-0.1, -0.05) is 58.0 Å². The highest BCUT2D eigenvalue weighted by atomic mass is 79.9. The summed E-state index contributed by atoms with van der Waals surface area (Å²) in [6, 6.07) is 16.9. The molecule has 1 aliphatic rings. The Kier molecular flexibility index (Phi) is 5.82. The van der Waals surface area contributed by atoms with E-state index in [2.05, 4.69) is 15.9 Å². The van der Waals surface area contributed by atoms with Gasteiger partial charge >= 0.3 is 0 Å². The molecule has 0 N–H and O–H groups in total. The van der Waals surface area contributed by atoms with Crippen LogP contribution in [-0.4, -0.2) is 21.1 Å². The van der Waals surface area contributed by atoms with E-state index in [4.69, 9.17) is 4.98 Å². The molecule has 0 bridgehead atoms. The molecule has 4 aromatic rings. The summed E-state index contributed by atoms with van der Waals surface area (Å²) in [7, 11) is 0. The summed E-state index contributed by atoms with van der Waals surface area (Å²) in [4.78, 5) is 33.4. The molecule has 0 aliphatic heterocycles. The SMILES string of the molecule is O=C(CSc1nc2sc3c(c2c(=O)n1-c1ccccc1)CCCC3)c1ccc(Br)cc1. The van der Waals surface area contributed by atoms with E-state index in [1.54, 1.807) is 28.0 Å². The molecule has 31 heavy (non-hydrogen) atoms. The third-order valence-electron chi connectivity index (χ3n) is 5.47. The molecule has 4 nitrogen and oxygen atoms in total. The van der Waals surface area contributed by atoms with Gasteiger partial charge in [0.2, 0.25) is 0 Å². The molecule has 5 rings (SSSR count). The summed E-state index contributed by atoms with van der Waals surface area (Å²) in [6.45, 7) is 0. The normalized spacial score (nSPS) is 13.3. The van der Waals surface area contributed by atoms with E-state index in [0.717, 1.165) is 46.1 Å². The standard InChI is InChI=1S/C24H19BrN2O2S2/c25-16-12-10-15(11-13-16)19(28)14-30-24-26-22-21(18-8-4-5-9-20(18)31-22)23(29)27(24)17-6-2-1-3-7-17/h1-3,6-7,10-13H,4-5,8-9,14H2. The van der Waals surface area contributed by atoms with Gasteiger partial charge in [0.05, 0.1) is 16.8 Å². The Balaban J connectivity index is 1.58. The molecule has 2 aromatic carbocycles. The van der Waals surface area contributed by atoms with Crippen LogP contribution < -0.4 is 5.56 Å². The van der Waals surface area contributed by atoms with Crippen LogP contribution in [-0.2, 0) is 12.8 Å². The van der Waals surface area contributed by atoms with Crippen LogP contribution in [0.2, 0.25) is 0 Å². The molecular formula is C24H19BrN2O2S2. The molecule has 0 atom stereocenters. The van der Waals surface area contributed by atoms with Gasteiger partial charge in [-0.05, 0) is 55.5 Å². The summed E-state index contributed by atoms with van der Waals surface area (Å²) in [5, 5.41) is 1.32. The Labute approximate surface area is 196 Å². The Bertz CT molecular complexity index is 1330. The predicted molar refractivity (Wildman–Crippen MR) is 131 cm³/mol. The lowest BCUT2D eigenvalue weighted by Crippen LogP contribution is -2.22. The Morgan fingerprint density at radius 1 is 1.06 bits per heavy atom. The first-order chi connectivity index (χ1) is 15.1. The van der Waals surface area contributed by atoms with Crippen molar-refractivity contribution in [2.45, 2.75) is 30.8 Å². The Morgan fingerprint density at radius 3 is 2.58 bits per heavy atom. The number of carbonyl (C=O) groups excluding carboxylic acids is 1. The number of benzene rings is 2. The summed E-state index contributed by atoms with van der Waals surface area (Å²) >= 11 is 6.35. The molecule has 0 radical (unpaired) electrons. The smallest absolute Gasteiger partial charge is 0.267 e. The monoisotopic (exact) mass is 510 g/mol. The second-order valence-corrected chi connectivity index (χ2v) is 10.4. The van der Waals surface area contributed by atoms with E-state index in [1.807, 2.05) is 42.5 Å². The molecule has 0 amide bonds. The summed E-state index contributed by atoms with van der Waals surface area (Å²) in [5.41, 5.74) is 2.57. The van der Waals surface area contributed by atoms with E-state index in [0.29, 0.717) is 10.7 Å². The zero-order chi connectivity index (χ0) is 21.4. The number of hydrogen-bond donors (Lipinski definition) is 0. The van der Waals surface area contributed by atoms with Gasteiger partial charge in [-0.2, -0.15) is 0 Å². The van der Waals surface area contributed by atoms with Gasteiger partial charge in [-0.25, -0.2) is 4.98 Å². The number of ketones is 1. The van der Waals surface area contributed by atoms with Crippen LogP contribution in [0.25, 0.3) is 15.9 Å². The van der Waals surface area contributed by atoms with Crippen molar-refractivity contribution in [3.8, 4) is 5.69 Å². The second-order valence-electron chi connectivity index (χ2n) is 7.48. The number of thiophene rings is 1. The third kappa shape index (κ3) is 4.02. The first-order valence-corrected chi connectivity index (χ1v) is 12.8. The minimum absolute atomic E-state index is 0.0110. The van der Waals surface area contributed by atoms with Gasteiger partial charge < -0.3 is 0 Å². The molecule has 2 aromatic heterocycles. The molecule has 156 valence electrons. The molecule has 0 unspecified atom stereocenters. The minimum atomic E-state index is -0.0332. The quantitative estimate of drug-likeness (QED) is 0.186. The van der Waals surface area contributed by atoms with Crippen molar-refractivity contribution in [2.24, 2.45) is 0 Å². The fraction of sp³-hybridized carbons (Fsp3) is 0.208. The molecule has 0 spiro atoms. The summed E-state index contributed by atoms with van der Waals surface area (Å²) < 4.78 is 2.60. The lowest BCUT2D eigenvalue weighted by molar-refractivity contribution is 0.102. The van der Waals surface area contributed by atoms with E-state index >= 15 is 0 Å². The molecule has 0 saturated heterocycles. The average molecular weight is 511 g/mol. The van der Waals surface area contributed by atoms with Crippen molar-refractivity contribution in [2.75, 3.05) is 5.75 Å². The number of halogens is 1. The maximum Gasteiger partial charge on any atom is 0.267 e. The molecule has 7 heteroatoms. The van der Waals surface area contributed by atoms with Crippen molar-refractivity contribution in [3.63, 3.8) is 0 Å². The summed E-state index contributed by atoms with van der Waals surface area (Å²) in [6.07, 6.45) is 4.24. The number of para-hydroxylation sites is 1. The number of Topliss-reactive ketones (excluding diaryl/α,β-unsaturated/α-hetero) is 1. The van der Waals surface area contributed by atoms with Crippen LogP contribution in [0, 0.1) is 0 Å². The van der Waals surface area contributed by atoms with Gasteiger partial charge in [-0.3, -0.25) is 14.2 Å². The topological polar surface area (TPSA) is 52.0 Å². The molecule has 2 heterocycles. The van der Waals surface area contributed by atoms with E-state index < -0.39 is 0 Å². The van der Waals surface area contributed by atoms with Crippen molar-refractivity contribution in [3.05, 3.63) is 85.4 Å². The average Bonchev–Trinajstić information content (AvgIpc) is 3.17. The zero-order valence-electron chi connectivity index (χ0n) is 16.6. The van der Waals surface area contributed by atoms with Crippen LogP contribution in [0.5, 0.6) is 0 Å². The second kappa shape index (κ2) is 8.73. The lowest BCUT2D eigenvalue weighted by atomic mass is 9.97. The van der Waals surface area contributed by atoms with Crippen molar-refractivity contribution < 1.29 is 4.79 Å². The minimum Gasteiger partial charge on any atom is -0.293 e. The van der Waals surface area contributed by atoms with Gasteiger partial charge in [0.1, 0.15) is 4.83 Å². The van der Waals surface area contributed by atoms with Crippen LogP contribution in [0.3, 0.4) is 0 Å². The largest absolute Gasteiger partial charge is 0.293 e. The van der Waals surface area contributed by atoms with Gasteiger partial charge in [0, 0.05) is 14.9 Å². The van der Waals surface area contributed by atoms with Crippen molar-refractivity contribution >= 4 is 55.0 Å². The van der Waals surface area contributed by atoms with Crippen molar-refractivity contribution in [1.82, 2.24) is 9.55 Å². The van der Waals surface area contributed by atoms with Gasteiger partial charge in [0.15, 0.2) is 10.9 Å². The Hall–Kier alpha value is -2.22. The van der Waals surface area contributed by atoms with E-state index in [-0.39, 0.29) is 17.1 Å². The van der Waals surface area contributed by atoms with E-state index in [9.17, 15) is 9.59 Å². The fourth-order valence-corrected chi connectivity index (χ4v) is 6.41. The Morgan fingerprint density at radius 2 is 1.81 bits per heavy atom. The highest BCUT2D eigenvalue weighted by molar-refractivity contribution is 9.10. The summed E-state index contributed by atoms with van der Waals surface area (Å²) in [5.74, 6) is 0.231.